The zero-order valence-corrected chi connectivity index (χ0v) is 11.4. The molecule has 1 aromatic carbocycles. The van der Waals surface area contributed by atoms with Crippen LogP contribution in [-0.2, 0) is 16.4 Å². The second kappa shape index (κ2) is 4.28. The molecule has 1 aliphatic heterocycles. The first kappa shape index (κ1) is 12.9. The highest BCUT2D eigenvalue weighted by Crippen LogP contribution is 2.34. The molecule has 0 spiro atoms. The largest absolute Gasteiger partial charge is 0.355 e. The van der Waals surface area contributed by atoms with E-state index in [1.807, 2.05) is 6.92 Å². The van der Waals surface area contributed by atoms with Gasteiger partial charge in [0.15, 0.2) is 0 Å². The highest BCUT2D eigenvalue weighted by Gasteiger charge is 2.32. The van der Waals surface area contributed by atoms with E-state index in [1.54, 1.807) is 25.2 Å². The molecule has 0 bridgehead atoms. The van der Waals surface area contributed by atoms with Crippen molar-refractivity contribution in [2.24, 2.45) is 0 Å². The number of amides is 1. The highest BCUT2D eigenvalue weighted by atomic mass is 32.2. The zero-order valence-electron chi connectivity index (χ0n) is 10.6. The van der Waals surface area contributed by atoms with Gasteiger partial charge in [-0.25, -0.2) is 8.42 Å². The Morgan fingerprint density at radius 2 is 2.11 bits per heavy atom. The standard InChI is InChI=1S/C12H16N2O3S/c1-8-6-10-7-9(12(15)13-2)4-5-11(10)14(8)18(3,16)17/h4-5,7-8H,6H2,1-3H3,(H,13,15). The smallest absolute Gasteiger partial charge is 0.251 e. The Kier molecular flexibility index (Phi) is 3.06. The molecule has 5 nitrogen and oxygen atoms in total. The van der Waals surface area contributed by atoms with Crippen molar-refractivity contribution in [3.63, 3.8) is 0 Å². The number of carbonyl (C=O) groups is 1. The molecule has 1 atom stereocenters. The van der Waals surface area contributed by atoms with E-state index in [4.69, 9.17) is 0 Å². The molecule has 18 heavy (non-hydrogen) atoms. The summed E-state index contributed by atoms with van der Waals surface area (Å²) in [7, 11) is -1.70. The fraction of sp³-hybridized carbons (Fsp3) is 0.417. The van der Waals surface area contributed by atoms with Crippen LogP contribution in [0.2, 0.25) is 0 Å². The van der Waals surface area contributed by atoms with Crippen LogP contribution in [0.1, 0.15) is 22.8 Å². The number of fused-ring (bicyclic) bond motifs is 1. The van der Waals surface area contributed by atoms with Crippen molar-refractivity contribution in [1.82, 2.24) is 5.32 Å². The number of hydrogen-bond acceptors (Lipinski definition) is 3. The lowest BCUT2D eigenvalue weighted by Crippen LogP contribution is -2.34. The lowest BCUT2D eigenvalue weighted by molar-refractivity contribution is 0.0963. The molecule has 1 unspecified atom stereocenters. The molecule has 0 radical (unpaired) electrons. The van der Waals surface area contributed by atoms with E-state index < -0.39 is 10.0 Å². The lowest BCUT2D eigenvalue weighted by atomic mass is 10.1. The van der Waals surface area contributed by atoms with Crippen molar-refractivity contribution in [3.8, 4) is 0 Å². The van der Waals surface area contributed by atoms with Gasteiger partial charge in [0.05, 0.1) is 11.9 Å². The minimum atomic E-state index is -3.27. The monoisotopic (exact) mass is 268 g/mol. The van der Waals surface area contributed by atoms with E-state index in [2.05, 4.69) is 5.32 Å². The van der Waals surface area contributed by atoms with Gasteiger partial charge < -0.3 is 5.32 Å². The summed E-state index contributed by atoms with van der Waals surface area (Å²) in [5.74, 6) is -0.164. The Labute approximate surface area is 107 Å². The van der Waals surface area contributed by atoms with Crippen LogP contribution < -0.4 is 9.62 Å². The zero-order chi connectivity index (χ0) is 13.5. The topological polar surface area (TPSA) is 66.5 Å². The predicted octanol–water partition coefficient (Wildman–Crippen LogP) is 0.757. The molecule has 98 valence electrons. The van der Waals surface area contributed by atoms with Crippen LogP contribution in [0.4, 0.5) is 5.69 Å². The molecule has 0 fully saturated rings. The van der Waals surface area contributed by atoms with Crippen molar-refractivity contribution in [3.05, 3.63) is 29.3 Å². The summed E-state index contributed by atoms with van der Waals surface area (Å²) >= 11 is 0. The van der Waals surface area contributed by atoms with Gasteiger partial charge >= 0.3 is 0 Å². The van der Waals surface area contributed by atoms with E-state index >= 15 is 0 Å². The number of nitrogens with zero attached hydrogens (tertiary/aromatic N) is 1. The molecule has 1 N–H and O–H groups in total. The molecule has 0 aliphatic carbocycles. The average Bonchev–Trinajstić information content (AvgIpc) is 2.62. The van der Waals surface area contributed by atoms with E-state index in [9.17, 15) is 13.2 Å². The summed E-state index contributed by atoms with van der Waals surface area (Å²) in [4.78, 5) is 11.5. The summed E-state index contributed by atoms with van der Waals surface area (Å²) in [6.07, 6.45) is 1.83. The Hall–Kier alpha value is -1.56. The number of hydrogen-bond donors (Lipinski definition) is 1. The number of carbonyl (C=O) groups excluding carboxylic acids is 1. The Morgan fingerprint density at radius 1 is 1.44 bits per heavy atom. The van der Waals surface area contributed by atoms with E-state index in [0.29, 0.717) is 17.7 Å². The summed E-state index contributed by atoms with van der Waals surface area (Å²) in [5, 5.41) is 2.55. The lowest BCUT2D eigenvalue weighted by Gasteiger charge is -2.21. The van der Waals surface area contributed by atoms with Gasteiger partial charge in [-0.15, -0.1) is 0 Å². The molecule has 0 saturated heterocycles. The van der Waals surface area contributed by atoms with Crippen LogP contribution in [0, 0.1) is 0 Å². The Balaban J connectivity index is 2.48. The van der Waals surface area contributed by atoms with Crippen LogP contribution in [-0.4, -0.2) is 33.7 Å². The van der Waals surface area contributed by atoms with Crippen molar-refractivity contribution in [2.75, 3.05) is 17.6 Å². The summed E-state index contributed by atoms with van der Waals surface area (Å²) in [6.45, 7) is 1.86. The molecule has 6 heteroatoms. The third-order valence-electron chi connectivity index (χ3n) is 3.08. The minimum absolute atomic E-state index is 0.102. The third kappa shape index (κ3) is 2.08. The van der Waals surface area contributed by atoms with E-state index in [-0.39, 0.29) is 11.9 Å². The Morgan fingerprint density at radius 3 is 2.67 bits per heavy atom. The van der Waals surface area contributed by atoms with Gasteiger partial charge in [0, 0.05) is 18.7 Å². The SMILES string of the molecule is CNC(=O)c1ccc2c(c1)CC(C)N2S(C)(=O)=O. The third-order valence-corrected chi connectivity index (χ3v) is 4.35. The summed E-state index contributed by atoms with van der Waals surface area (Å²) < 4.78 is 24.9. The maximum absolute atomic E-state index is 11.7. The molecule has 2 rings (SSSR count). The molecule has 1 heterocycles. The summed E-state index contributed by atoms with van der Waals surface area (Å²) in [5.41, 5.74) is 2.13. The molecule has 1 aliphatic rings. The fourth-order valence-corrected chi connectivity index (χ4v) is 3.66. The van der Waals surface area contributed by atoms with Crippen LogP contribution >= 0.6 is 0 Å². The van der Waals surface area contributed by atoms with Crippen molar-refractivity contribution < 1.29 is 13.2 Å². The maximum atomic E-state index is 11.7. The van der Waals surface area contributed by atoms with Gasteiger partial charge in [-0.1, -0.05) is 0 Å². The van der Waals surface area contributed by atoms with Crippen LogP contribution in [0.5, 0.6) is 0 Å². The number of nitrogens with one attached hydrogen (secondary N) is 1. The second-order valence-electron chi connectivity index (χ2n) is 4.53. The van der Waals surface area contributed by atoms with Gasteiger partial charge in [-0.05, 0) is 37.1 Å². The van der Waals surface area contributed by atoms with Crippen molar-refractivity contribution in [2.45, 2.75) is 19.4 Å². The van der Waals surface area contributed by atoms with Crippen LogP contribution in [0.15, 0.2) is 18.2 Å². The minimum Gasteiger partial charge on any atom is -0.355 e. The summed E-state index contributed by atoms with van der Waals surface area (Å²) in [6, 6.07) is 5.00. The molecular formula is C12H16N2O3S. The Bertz CT molecular complexity index is 595. The highest BCUT2D eigenvalue weighted by molar-refractivity contribution is 7.92. The number of anilines is 1. The number of rotatable bonds is 2. The van der Waals surface area contributed by atoms with Crippen molar-refractivity contribution >= 4 is 21.6 Å². The normalized spacial score (nSPS) is 18.6. The molecule has 0 saturated carbocycles. The first-order valence-corrected chi connectivity index (χ1v) is 7.54. The molecule has 1 amide bonds. The number of sulfonamides is 1. The van der Waals surface area contributed by atoms with Gasteiger partial charge in [0.2, 0.25) is 10.0 Å². The first-order chi connectivity index (χ1) is 8.34. The average molecular weight is 268 g/mol. The second-order valence-corrected chi connectivity index (χ2v) is 6.39. The predicted molar refractivity (Wildman–Crippen MR) is 70.3 cm³/mol. The van der Waals surface area contributed by atoms with Gasteiger partial charge in [0.1, 0.15) is 0 Å². The van der Waals surface area contributed by atoms with Gasteiger partial charge in [-0.2, -0.15) is 0 Å². The van der Waals surface area contributed by atoms with E-state index in [0.717, 1.165) is 5.56 Å². The van der Waals surface area contributed by atoms with Crippen molar-refractivity contribution in [1.29, 1.82) is 0 Å². The maximum Gasteiger partial charge on any atom is 0.251 e. The number of benzene rings is 1. The molecule has 1 aromatic rings. The first-order valence-electron chi connectivity index (χ1n) is 5.69. The van der Waals surface area contributed by atoms with Crippen LogP contribution in [0.25, 0.3) is 0 Å². The molecular weight excluding hydrogens is 252 g/mol. The van der Waals surface area contributed by atoms with Gasteiger partial charge in [0.25, 0.3) is 5.91 Å². The van der Waals surface area contributed by atoms with E-state index in [1.165, 1.54) is 10.6 Å². The quantitative estimate of drug-likeness (QED) is 0.861. The molecule has 0 aromatic heterocycles. The van der Waals surface area contributed by atoms with Gasteiger partial charge in [-0.3, -0.25) is 9.10 Å². The fourth-order valence-electron chi connectivity index (χ4n) is 2.39. The van der Waals surface area contributed by atoms with Crippen LogP contribution in [0.3, 0.4) is 0 Å².